The van der Waals surface area contributed by atoms with E-state index in [1.807, 2.05) is 6.20 Å². The van der Waals surface area contributed by atoms with Crippen LogP contribution in [0.3, 0.4) is 0 Å². The van der Waals surface area contributed by atoms with E-state index in [-0.39, 0.29) is 6.61 Å². The van der Waals surface area contributed by atoms with Gasteiger partial charge in [-0.05, 0) is 50.3 Å². The normalized spacial score (nSPS) is 14.7. The predicted octanol–water partition coefficient (Wildman–Crippen LogP) is 1.85. The first kappa shape index (κ1) is 14.3. The van der Waals surface area contributed by atoms with E-state index < -0.39 is 0 Å². The molecule has 0 unspecified atom stereocenters. The molecule has 1 aromatic rings. The van der Waals surface area contributed by atoms with Gasteiger partial charge >= 0.3 is 0 Å². The Kier molecular flexibility index (Phi) is 5.16. The van der Waals surface area contributed by atoms with Gasteiger partial charge in [-0.15, -0.1) is 0 Å². The van der Waals surface area contributed by atoms with Gasteiger partial charge in [-0.1, -0.05) is 0 Å². The molecule has 0 aliphatic heterocycles. The molecule has 0 bridgehead atoms. The molecule has 19 heavy (non-hydrogen) atoms. The van der Waals surface area contributed by atoms with Crippen LogP contribution < -0.4 is 10.2 Å². The zero-order valence-electron chi connectivity index (χ0n) is 12.0. The SMILES string of the molecule is CCN(CCCO)c1ncc(CNC2CC2)cc1C. The summed E-state index contributed by atoms with van der Waals surface area (Å²) in [5.41, 5.74) is 2.47. The molecular formula is C15H25N3O. The van der Waals surface area contributed by atoms with E-state index in [4.69, 9.17) is 5.11 Å². The molecule has 0 atom stereocenters. The van der Waals surface area contributed by atoms with Crippen molar-refractivity contribution >= 4 is 5.82 Å². The van der Waals surface area contributed by atoms with E-state index in [0.717, 1.165) is 37.9 Å². The highest BCUT2D eigenvalue weighted by molar-refractivity contribution is 5.47. The summed E-state index contributed by atoms with van der Waals surface area (Å²) in [6, 6.07) is 2.95. The van der Waals surface area contributed by atoms with E-state index in [2.05, 4.69) is 35.1 Å². The molecule has 2 N–H and O–H groups in total. The van der Waals surface area contributed by atoms with Crippen molar-refractivity contribution in [1.82, 2.24) is 10.3 Å². The summed E-state index contributed by atoms with van der Waals surface area (Å²) >= 11 is 0. The summed E-state index contributed by atoms with van der Waals surface area (Å²) in [7, 11) is 0. The molecule has 1 aliphatic carbocycles. The number of hydrogen-bond acceptors (Lipinski definition) is 4. The van der Waals surface area contributed by atoms with Gasteiger partial charge < -0.3 is 15.3 Å². The Morgan fingerprint density at radius 1 is 1.47 bits per heavy atom. The van der Waals surface area contributed by atoms with Gasteiger partial charge in [0.25, 0.3) is 0 Å². The Morgan fingerprint density at radius 3 is 2.84 bits per heavy atom. The summed E-state index contributed by atoms with van der Waals surface area (Å²) in [5, 5.41) is 12.5. The van der Waals surface area contributed by atoms with E-state index >= 15 is 0 Å². The quantitative estimate of drug-likeness (QED) is 0.751. The average molecular weight is 263 g/mol. The van der Waals surface area contributed by atoms with Gasteiger partial charge in [0.15, 0.2) is 0 Å². The van der Waals surface area contributed by atoms with Gasteiger partial charge in [0, 0.05) is 38.5 Å². The fourth-order valence-corrected chi connectivity index (χ4v) is 2.28. The van der Waals surface area contributed by atoms with Crippen LogP contribution in [0.1, 0.15) is 37.3 Å². The summed E-state index contributed by atoms with van der Waals surface area (Å²) in [6.45, 7) is 7.18. The first-order chi connectivity index (χ1) is 9.24. The highest BCUT2D eigenvalue weighted by atomic mass is 16.3. The molecule has 106 valence electrons. The van der Waals surface area contributed by atoms with E-state index in [1.54, 1.807) is 0 Å². The number of aliphatic hydroxyl groups is 1. The topological polar surface area (TPSA) is 48.4 Å². The van der Waals surface area contributed by atoms with E-state index in [1.165, 1.54) is 24.0 Å². The smallest absolute Gasteiger partial charge is 0.131 e. The van der Waals surface area contributed by atoms with Gasteiger partial charge in [-0.2, -0.15) is 0 Å². The Hall–Kier alpha value is -1.13. The Labute approximate surface area is 115 Å². The predicted molar refractivity (Wildman–Crippen MR) is 78.4 cm³/mol. The number of aliphatic hydroxyl groups excluding tert-OH is 1. The molecule has 4 heteroatoms. The first-order valence-corrected chi connectivity index (χ1v) is 7.29. The maximum atomic E-state index is 8.94. The third-order valence-electron chi connectivity index (χ3n) is 3.55. The Bertz CT molecular complexity index is 404. The monoisotopic (exact) mass is 263 g/mol. The Balaban J connectivity index is 1.99. The number of hydrogen-bond donors (Lipinski definition) is 2. The zero-order chi connectivity index (χ0) is 13.7. The number of rotatable bonds is 8. The molecule has 0 spiro atoms. The lowest BCUT2D eigenvalue weighted by Gasteiger charge is -2.23. The number of pyridine rings is 1. The number of aromatic nitrogens is 1. The second-order valence-corrected chi connectivity index (χ2v) is 5.30. The Morgan fingerprint density at radius 2 is 2.26 bits per heavy atom. The zero-order valence-corrected chi connectivity index (χ0v) is 12.0. The summed E-state index contributed by atoms with van der Waals surface area (Å²) in [6.07, 6.45) is 5.39. The molecule has 0 amide bonds. The second-order valence-electron chi connectivity index (χ2n) is 5.30. The van der Waals surface area contributed by atoms with Crippen molar-refractivity contribution in [3.05, 3.63) is 23.4 Å². The number of anilines is 1. The largest absolute Gasteiger partial charge is 0.396 e. The molecule has 1 saturated carbocycles. The van der Waals surface area contributed by atoms with Crippen molar-refractivity contribution < 1.29 is 5.11 Å². The summed E-state index contributed by atoms with van der Waals surface area (Å²) < 4.78 is 0. The lowest BCUT2D eigenvalue weighted by Crippen LogP contribution is -2.26. The van der Waals surface area contributed by atoms with Crippen molar-refractivity contribution in [2.45, 2.75) is 45.7 Å². The van der Waals surface area contributed by atoms with Gasteiger partial charge in [-0.25, -0.2) is 4.98 Å². The highest BCUT2D eigenvalue weighted by Gasteiger charge is 2.20. The van der Waals surface area contributed by atoms with Crippen molar-refractivity contribution in [3.8, 4) is 0 Å². The van der Waals surface area contributed by atoms with Crippen LogP contribution in [0.15, 0.2) is 12.3 Å². The average Bonchev–Trinajstić information content (AvgIpc) is 3.23. The van der Waals surface area contributed by atoms with Gasteiger partial charge in [0.05, 0.1) is 0 Å². The molecule has 1 heterocycles. The second kappa shape index (κ2) is 6.87. The third-order valence-corrected chi connectivity index (χ3v) is 3.55. The molecule has 2 rings (SSSR count). The number of aryl methyl sites for hydroxylation is 1. The fraction of sp³-hybridized carbons (Fsp3) is 0.667. The lowest BCUT2D eigenvalue weighted by atomic mass is 10.2. The van der Waals surface area contributed by atoms with Crippen LogP contribution in [0, 0.1) is 6.92 Å². The molecule has 0 aromatic carbocycles. The van der Waals surface area contributed by atoms with E-state index in [9.17, 15) is 0 Å². The van der Waals surface area contributed by atoms with Crippen LogP contribution >= 0.6 is 0 Å². The minimum atomic E-state index is 0.235. The van der Waals surface area contributed by atoms with Crippen LogP contribution in [0.2, 0.25) is 0 Å². The van der Waals surface area contributed by atoms with Crippen molar-refractivity contribution in [2.24, 2.45) is 0 Å². The van der Waals surface area contributed by atoms with Gasteiger partial charge in [0.2, 0.25) is 0 Å². The van der Waals surface area contributed by atoms with Gasteiger partial charge in [0.1, 0.15) is 5.82 Å². The van der Waals surface area contributed by atoms with Crippen molar-refractivity contribution in [2.75, 3.05) is 24.6 Å². The minimum Gasteiger partial charge on any atom is -0.396 e. The van der Waals surface area contributed by atoms with Crippen LogP contribution in [-0.4, -0.2) is 35.8 Å². The maximum absolute atomic E-state index is 8.94. The minimum absolute atomic E-state index is 0.235. The van der Waals surface area contributed by atoms with Crippen LogP contribution in [-0.2, 0) is 6.54 Å². The third kappa shape index (κ3) is 4.18. The molecular weight excluding hydrogens is 238 g/mol. The number of nitrogens with zero attached hydrogens (tertiary/aromatic N) is 2. The molecule has 4 nitrogen and oxygen atoms in total. The molecule has 0 saturated heterocycles. The van der Waals surface area contributed by atoms with Crippen molar-refractivity contribution in [3.63, 3.8) is 0 Å². The molecule has 1 fully saturated rings. The summed E-state index contributed by atoms with van der Waals surface area (Å²) in [4.78, 5) is 6.83. The fourth-order valence-electron chi connectivity index (χ4n) is 2.28. The van der Waals surface area contributed by atoms with Crippen LogP contribution in [0.5, 0.6) is 0 Å². The first-order valence-electron chi connectivity index (χ1n) is 7.29. The maximum Gasteiger partial charge on any atom is 0.131 e. The lowest BCUT2D eigenvalue weighted by molar-refractivity contribution is 0.289. The van der Waals surface area contributed by atoms with Crippen LogP contribution in [0.4, 0.5) is 5.82 Å². The summed E-state index contributed by atoms with van der Waals surface area (Å²) in [5.74, 6) is 1.05. The molecule has 0 radical (unpaired) electrons. The van der Waals surface area contributed by atoms with Crippen molar-refractivity contribution in [1.29, 1.82) is 0 Å². The van der Waals surface area contributed by atoms with Gasteiger partial charge in [-0.3, -0.25) is 0 Å². The number of nitrogens with one attached hydrogen (secondary N) is 1. The highest BCUT2D eigenvalue weighted by Crippen LogP contribution is 2.21. The molecule has 1 aromatic heterocycles. The van der Waals surface area contributed by atoms with Crippen LogP contribution in [0.25, 0.3) is 0 Å². The standard InChI is InChI=1S/C15H25N3O/c1-3-18(7-4-8-19)15-12(2)9-13(11-17-15)10-16-14-5-6-14/h9,11,14,16,19H,3-8,10H2,1-2H3. The molecule has 1 aliphatic rings. The van der Waals surface area contributed by atoms with E-state index in [0.29, 0.717) is 0 Å².